The fraction of sp³-hybridized carbons (Fsp3) is 0.474. The Bertz CT molecular complexity index is 384. The first-order valence-electron chi connectivity index (χ1n) is 7.78. The van der Waals surface area contributed by atoms with Gasteiger partial charge >= 0.3 is 26.2 Å². The predicted molar refractivity (Wildman–Crippen MR) is 80.0 cm³/mol. The minimum Gasteiger partial charge on any atom is -1.00 e. The molecular formula is C19H22Cl2Zr. The maximum absolute atomic E-state index is 2.62. The van der Waals surface area contributed by atoms with E-state index in [1.54, 1.807) is 0 Å². The molecule has 0 nitrogen and oxygen atoms in total. The van der Waals surface area contributed by atoms with E-state index in [9.17, 15) is 0 Å². The van der Waals surface area contributed by atoms with Crippen molar-refractivity contribution in [2.75, 3.05) is 0 Å². The second-order valence-electron chi connectivity index (χ2n) is 6.63. The third-order valence-corrected chi connectivity index (χ3v) is 5.34. The largest absolute Gasteiger partial charge is 4.00 e. The van der Waals surface area contributed by atoms with Gasteiger partial charge < -0.3 is 37.7 Å². The Labute approximate surface area is 166 Å². The van der Waals surface area contributed by atoms with Crippen LogP contribution >= 0.6 is 0 Å². The van der Waals surface area contributed by atoms with Crippen molar-refractivity contribution in [2.45, 2.75) is 19.3 Å². The third-order valence-electron chi connectivity index (χ3n) is 5.34. The van der Waals surface area contributed by atoms with E-state index < -0.39 is 0 Å². The second kappa shape index (κ2) is 9.05. The van der Waals surface area contributed by atoms with Crippen LogP contribution in [-0.4, -0.2) is 0 Å². The number of hydrogen-bond donors (Lipinski definition) is 0. The molecule has 4 aliphatic carbocycles. The van der Waals surface area contributed by atoms with Crippen LogP contribution in [0.15, 0.2) is 48.6 Å². The van der Waals surface area contributed by atoms with Crippen molar-refractivity contribution in [1.29, 1.82) is 0 Å². The molecule has 0 N–H and O–H groups in total. The molecule has 0 aromatic carbocycles. The first-order valence-corrected chi connectivity index (χ1v) is 7.78. The molecule has 0 aromatic rings. The quantitative estimate of drug-likeness (QED) is 0.487. The Morgan fingerprint density at radius 3 is 1.50 bits per heavy atom. The smallest absolute Gasteiger partial charge is 1.00 e. The minimum atomic E-state index is 0. The summed E-state index contributed by atoms with van der Waals surface area (Å²) in [5.74, 6) is 4.68. The minimum absolute atomic E-state index is 0. The molecule has 2 fully saturated rings. The van der Waals surface area contributed by atoms with Crippen molar-refractivity contribution in [3.8, 4) is 0 Å². The Kier molecular flexibility index (Phi) is 8.42. The van der Waals surface area contributed by atoms with E-state index in [4.69, 9.17) is 0 Å². The number of halogens is 2. The molecule has 4 aliphatic rings. The fourth-order valence-electron chi connectivity index (χ4n) is 4.45. The van der Waals surface area contributed by atoms with Crippen LogP contribution in [0.3, 0.4) is 0 Å². The molecule has 0 saturated heterocycles. The standard InChI is InChI=1S/C19H22.2ClH.Zr/c1-2-6-17-11-14(10-16(17)5-1)9-15-12-18-7-3-4-8-19(18)13-15;;;/h1-8,10,12,14-19H,9,11,13H2;2*1H;/q-2;;;+4/p-2. The molecule has 0 radical (unpaired) electrons. The molecule has 2 saturated carbocycles. The maximum Gasteiger partial charge on any atom is 4.00 e. The van der Waals surface area contributed by atoms with Crippen molar-refractivity contribution in [3.63, 3.8) is 0 Å². The first kappa shape index (κ1) is 20.5. The van der Waals surface area contributed by atoms with E-state index in [0.717, 1.165) is 35.5 Å². The van der Waals surface area contributed by atoms with E-state index in [1.165, 1.54) is 19.3 Å². The average molecular weight is 413 g/mol. The summed E-state index contributed by atoms with van der Waals surface area (Å²) in [7, 11) is 0. The summed E-state index contributed by atoms with van der Waals surface area (Å²) < 4.78 is 0. The maximum atomic E-state index is 2.62. The van der Waals surface area contributed by atoms with Crippen molar-refractivity contribution >= 4 is 0 Å². The van der Waals surface area contributed by atoms with E-state index >= 15 is 0 Å². The average Bonchev–Trinajstić information content (AvgIpc) is 3.00. The molecule has 0 spiro atoms. The molecule has 0 amide bonds. The normalized spacial score (nSPS) is 40.2. The molecule has 22 heavy (non-hydrogen) atoms. The van der Waals surface area contributed by atoms with Gasteiger partial charge in [0.1, 0.15) is 0 Å². The number of hydrogen-bond acceptors (Lipinski definition) is 0. The van der Waals surface area contributed by atoms with Crippen LogP contribution < -0.4 is 24.8 Å². The van der Waals surface area contributed by atoms with Crippen molar-refractivity contribution in [1.82, 2.24) is 0 Å². The Hall–Kier alpha value is 0.423. The fourth-order valence-corrected chi connectivity index (χ4v) is 4.45. The molecule has 6 atom stereocenters. The van der Waals surface area contributed by atoms with Gasteiger partial charge in [0.15, 0.2) is 0 Å². The summed E-state index contributed by atoms with van der Waals surface area (Å²) in [5.41, 5.74) is 0. The van der Waals surface area contributed by atoms with Gasteiger partial charge in [0.25, 0.3) is 0 Å². The summed E-state index contributed by atoms with van der Waals surface area (Å²) >= 11 is 0. The summed E-state index contributed by atoms with van der Waals surface area (Å²) in [6.07, 6.45) is 27.8. The van der Waals surface area contributed by atoms with Crippen molar-refractivity contribution < 1.29 is 51.0 Å². The van der Waals surface area contributed by atoms with E-state index in [2.05, 4.69) is 61.4 Å². The van der Waals surface area contributed by atoms with Gasteiger partial charge in [-0.25, -0.2) is 0 Å². The van der Waals surface area contributed by atoms with Gasteiger partial charge in [-0.3, -0.25) is 0 Å². The topological polar surface area (TPSA) is 0 Å². The predicted octanol–water partition coefficient (Wildman–Crippen LogP) is -1.45. The van der Waals surface area contributed by atoms with E-state index in [0.29, 0.717) is 0 Å². The first-order chi connectivity index (χ1) is 9.38. The van der Waals surface area contributed by atoms with Crippen molar-refractivity contribution in [2.24, 2.45) is 35.5 Å². The summed E-state index contributed by atoms with van der Waals surface area (Å²) in [5, 5.41) is 0. The molecule has 3 heteroatoms. The van der Waals surface area contributed by atoms with Gasteiger partial charge in [0, 0.05) is 0 Å². The molecule has 0 aromatic heterocycles. The Morgan fingerprint density at radius 2 is 1.09 bits per heavy atom. The zero-order valence-corrected chi connectivity index (χ0v) is 16.6. The van der Waals surface area contributed by atoms with E-state index in [1.807, 2.05) is 0 Å². The zero-order valence-electron chi connectivity index (χ0n) is 12.6. The van der Waals surface area contributed by atoms with E-state index in [-0.39, 0.29) is 51.0 Å². The van der Waals surface area contributed by atoms with Gasteiger partial charge in [0.2, 0.25) is 0 Å². The third kappa shape index (κ3) is 4.28. The molecule has 4 rings (SSSR count). The van der Waals surface area contributed by atoms with Gasteiger partial charge in [0.05, 0.1) is 0 Å². The van der Waals surface area contributed by atoms with Crippen LogP contribution in [0.4, 0.5) is 0 Å². The van der Waals surface area contributed by atoms with Crippen LogP contribution in [0.5, 0.6) is 0 Å². The number of rotatable bonds is 2. The van der Waals surface area contributed by atoms with Crippen LogP contribution in [0.1, 0.15) is 19.3 Å². The second-order valence-corrected chi connectivity index (χ2v) is 6.63. The monoisotopic (exact) mass is 410 g/mol. The van der Waals surface area contributed by atoms with Gasteiger partial charge in [-0.15, -0.1) is 30.4 Å². The summed E-state index contributed by atoms with van der Waals surface area (Å²) in [6, 6.07) is 0. The number of allylic oxidation sites excluding steroid dienone is 8. The molecule has 0 heterocycles. The van der Waals surface area contributed by atoms with Gasteiger partial charge in [-0.1, -0.05) is 49.3 Å². The molecule has 6 unspecified atom stereocenters. The SMILES string of the molecule is C1=CC2[CH-]C(CC3[CH-]C4C=CC=CC4C3)CC2C=C1.[Cl-].[Cl-].[Zr+4]. The van der Waals surface area contributed by atoms with Gasteiger partial charge in [-0.2, -0.15) is 11.8 Å². The Balaban J connectivity index is 0.000000807. The van der Waals surface area contributed by atoms with Crippen LogP contribution in [0.25, 0.3) is 0 Å². The number of fused-ring (bicyclic) bond motifs is 2. The summed E-state index contributed by atoms with van der Waals surface area (Å²) in [6.45, 7) is 0. The molecule has 116 valence electrons. The van der Waals surface area contributed by atoms with Crippen LogP contribution in [0.2, 0.25) is 0 Å². The molecule has 0 aliphatic heterocycles. The van der Waals surface area contributed by atoms with Gasteiger partial charge in [-0.05, 0) is 11.8 Å². The Morgan fingerprint density at radius 1 is 0.682 bits per heavy atom. The van der Waals surface area contributed by atoms with Crippen LogP contribution in [0, 0.1) is 48.3 Å². The summed E-state index contributed by atoms with van der Waals surface area (Å²) in [4.78, 5) is 0. The van der Waals surface area contributed by atoms with Crippen molar-refractivity contribution in [3.05, 3.63) is 61.4 Å². The molecular weight excluding hydrogens is 390 g/mol. The van der Waals surface area contributed by atoms with Crippen LogP contribution in [-0.2, 0) is 26.2 Å². The molecule has 0 bridgehead atoms. The zero-order chi connectivity index (χ0) is 12.7.